The standard InChI is InChI=1S/C29H24F3N5O6/c30-29(31,32)43-24-4-2-20(13-23(24)35-27(41)28(5-6-28)36-7-9-42-10-8-36)37-16-34-22-12-17(1-3-21(22)25(37)38)18-11-19(26(39)40)15-33-14-18/h1-4,11-16H,5-10H2,(H,35,41)(H,39,40). The average Bonchev–Trinajstić information content (AvgIpc) is 3.80. The summed E-state index contributed by atoms with van der Waals surface area (Å²) in [6, 6.07) is 9.73. The number of anilines is 1. The number of nitrogens with zero attached hydrogens (tertiary/aromatic N) is 4. The molecule has 0 spiro atoms. The second-order valence-electron chi connectivity index (χ2n) is 10.2. The number of hydrogen-bond donors (Lipinski definition) is 2. The molecule has 2 aromatic heterocycles. The van der Waals surface area contributed by atoms with Gasteiger partial charge in [0.05, 0.1) is 41.1 Å². The predicted molar refractivity (Wildman–Crippen MR) is 147 cm³/mol. The lowest BCUT2D eigenvalue weighted by Crippen LogP contribution is -2.51. The van der Waals surface area contributed by atoms with Crippen molar-refractivity contribution in [3.63, 3.8) is 0 Å². The third kappa shape index (κ3) is 5.66. The maximum atomic E-state index is 13.5. The van der Waals surface area contributed by atoms with E-state index < -0.39 is 35.1 Å². The van der Waals surface area contributed by atoms with Gasteiger partial charge in [0.15, 0.2) is 5.75 Å². The van der Waals surface area contributed by atoms with Crippen LogP contribution < -0.4 is 15.6 Å². The molecule has 0 atom stereocenters. The third-order valence-corrected chi connectivity index (χ3v) is 7.56. The molecule has 0 unspecified atom stereocenters. The minimum absolute atomic E-state index is 0.000584. The van der Waals surface area contributed by atoms with Crippen LogP contribution >= 0.6 is 0 Å². The lowest BCUT2D eigenvalue weighted by atomic mass is 10.0. The average molecular weight is 596 g/mol. The lowest BCUT2D eigenvalue weighted by molar-refractivity contribution is -0.274. The van der Waals surface area contributed by atoms with Crippen molar-refractivity contribution < 1.29 is 37.3 Å². The minimum Gasteiger partial charge on any atom is -0.478 e. The fourth-order valence-electron chi connectivity index (χ4n) is 5.21. The molecule has 1 aliphatic carbocycles. The number of morpholine rings is 1. The van der Waals surface area contributed by atoms with Crippen molar-refractivity contribution in [1.29, 1.82) is 0 Å². The number of pyridine rings is 1. The summed E-state index contributed by atoms with van der Waals surface area (Å²) in [5.41, 5.74) is -0.0308. The number of carboxylic acid groups (broad SMARTS) is 1. The zero-order chi connectivity index (χ0) is 30.4. The molecule has 1 amide bonds. The van der Waals surface area contributed by atoms with Gasteiger partial charge in [-0.1, -0.05) is 6.07 Å². The Balaban J connectivity index is 1.34. The van der Waals surface area contributed by atoms with Gasteiger partial charge >= 0.3 is 12.3 Å². The van der Waals surface area contributed by atoms with Gasteiger partial charge in [0.25, 0.3) is 5.56 Å². The van der Waals surface area contributed by atoms with Crippen molar-refractivity contribution in [1.82, 2.24) is 19.4 Å². The number of nitrogens with one attached hydrogen (secondary N) is 1. The highest BCUT2D eigenvalue weighted by Crippen LogP contribution is 2.44. The van der Waals surface area contributed by atoms with E-state index in [4.69, 9.17) is 4.74 Å². The molecule has 2 N–H and O–H groups in total. The van der Waals surface area contributed by atoms with Gasteiger partial charge in [-0.05, 0) is 54.8 Å². The SMILES string of the molecule is O=C(O)c1cncc(-c2ccc3c(=O)n(-c4ccc(OC(F)(F)F)c(NC(=O)C5(N6CCOCC6)CC5)c4)cnc3c2)c1. The number of aromatic carboxylic acids is 1. The maximum Gasteiger partial charge on any atom is 0.573 e. The van der Waals surface area contributed by atoms with Gasteiger partial charge in [0.1, 0.15) is 11.9 Å². The van der Waals surface area contributed by atoms with Crippen LogP contribution in [0.4, 0.5) is 18.9 Å². The first-order valence-electron chi connectivity index (χ1n) is 13.3. The summed E-state index contributed by atoms with van der Waals surface area (Å²) in [6.45, 7) is 1.97. The molecule has 2 aliphatic rings. The zero-order valence-electron chi connectivity index (χ0n) is 22.4. The number of aromatic nitrogens is 3. The van der Waals surface area contributed by atoms with E-state index in [9.17, 15) is 32.7 Å². The maximum absolute atomic E-state index is 13.5. The molecule has 1 saturated heterocycles. The molecule has 11 nitrogen and oxygen atoms in total. The predicted octanol–water partition coefficient (Wildman–Crippen LogP) is 3.85. The first kappa shape index (κ1) is 28.3. The highest BCUT2D eigenvalue weighted by Gasteiger charge is 2.54. The molecule has 0 bridgehead atoms. The van der Waals surface area contributed by atoms with Crippen LogP contribution in [0, 0.1) is 0 Å². The van der Waals surface area contributed by atoms with Crippen LogP contribution in [0.1, 0.15) is 23.2 Å². The van der Waals surface area contributed by atoms with Crippen LogP contribution in [-0.2, 0) is 9.53 Å². The number of carbonyl (C=O) groups is 2. The van der Waals surface area contributed by atoms with Crippen molar-refractivity contribution in [2.45, 2.75) is 24.7 Å². The Morgan fingerprint density at radius 3 is 2.49 bits per heavy atom. The number of alkyl halides is 3. The normalized spacial score (nSPS) is 16.5. The molecular weight excluding hydrogens is 571 g/mol. The molecule has 1 aliphatic heterocycles. The summed E-state index contributed by atoms with van der Waals surface area (Å²) in [5.74, 6) is -2.21. The van der Waals surface area contributed by atoms with Crippen LogP contribution in [0.3, 0.4) is 0 Å². The fourth-order valence-corrected chi connectivity index (χ4v) is 5.21. The van der Waals surface area contributed by atoms with E-state index in [1.165, 1.54) is 43.0 Å². The van der Waals surface area contributed by atoms with Gasteiger partial charge in [-0.2, -0.15) is 0 Å². The van der Waals surface area contributed by atoms with Gasteiger partial charge in [-0.25, -0.2) is 9.78 Å². The Morgan fingerprint density at radius 1 is 1.02 bits per heavy atom. The summed E-state index contributed by atoms with van der Waals surface area (Å²) >= 11 is 0. The van der Waals surface area contributed by atoms with E-state index in [1.807, 2.05) is 4.90 Å². The van der Waals surface area contributed by atoms with Crippen LogP contribution in [0.15, 0.2) is 66.0 Å². The zero-order valence-corrected chi connectivity index (χ0v) is 22.4. The van der Waals surface area contributed by atoms with Crippen molar-refractivity contribution in [2.75, 3.05) is 31.6 Å². The first-order valence-corrected chi connectivity index (χ1v) is 13.3. The van der Waals surface area contributed by atoms with Crippen molar-refractivity contribution >= 4 is 28.5 Å². The molecule has 2 aromatic carbocycles. The van der Waals surface area contributed by atoms with E-state index >= 15 is 0 Å². The highest BCUT2D eigenvalue weighted by molar-refractivity contribution is 6.01. The highest BCUT2D eigenvalue weighted by atomic mass is 19.4. The van der Waals surface area contributed by atoms with Crippen LogP contribution in [0.2, 0.25) is 0 Å². The third-order valence-electron chi connectivity index (χ3n) is 7.56. The van der Waals surface area contributed by atoms with Gasteiger partial charge in [-0.3, -0.25) is 24.0 Å². The minimum atomic E-state index is -5.01. The number of benzene rings is 2. The fraction of sp³-hybridized carbons (Fsp3) is 0.276. The van der Waals surface area contributed by atoms with Crippen molar-refractivity contribution in [3.05, 3.63) is 77.1 Å². The van der Waals surface area contributed by atoms with Gasteiger partial charge in [-0.15, -0.1) is 13.2 Å². The molecule has 222 valence electrons. The number of rotatable bonds is 7. The van der Waals surface area contributed by atoms with Crippen LogP contribution in [0.25, 0.3) is 27.7 Å². The Kier molecular flexibility index (Phi) is 7.10. The number of hydrogen-bond acceptors (Lipinski definition) is 8. The Labute approximate surface area is 241 Å². The summed E-state index contributed by atoms with van der Waals surface area (Å²) in [6.07, 6.45) is 0.0305. The second-order valence-corrected chi connectivity index (χ2v) is 10.2. The van der Waals surface area contributed by atoms with Gasteiger partial charge < -0.3 is 19.9 Å². The number of amides is 1. The second kappa shape index (κ2) is 10.8. The molecule has 4 aromatic rings. The summed E-state index contributed by atoms with van der Waals surface area (Å²) < 4.78 is 50.4. The number of fused-ring (bicyclic) bond motifs is 1. The number of ether oxygens (including phenoxy) is 2. The lowest BCUT2D eigenvalue weighted by Gasteiger charge is -2.34. The van der Waals surface area contributed by atoms with Gasteiger partial charge in [0.2, 0.25) is 5.91 Å². The number of carboxylic acids is 1. The van der Waals surface area contributed by atoms with E-state index in [-0.39, 0.29) is 22.3 Å². The van der Waals surface area contributed by atoms with E-state index in [1.54, 1.807) is 12.1 Å². The summed E-state index contributed by atoms with van der Waals surface area (Å²) in [7, 11) is 0. The molecule has 14 heteroatoms. The number of halogens is 3. The monoisotopic (exact) mass is 595 g/mol. The quantitative estimate of drug-likeness (QED) is 0.327. The Hall–Kier alpha value is -4.82. The number of carbonyl (C=O) groups excluding carboxylic acids is 1. The molecule has 6 rings (SSSR count). The molecule has 3 heterocycles. The Morgan fingerprint density at radius 2 is 1.79 bits per heavy atom. The largest absolute Gasteiger partial charge is 0.573 e. The van der Waals surface area contributed by atoms with Crippen molar-refractivity contribution in [2.24, 2.45) is 0 Å². The smallest absolute Gasteiger partial charge is 0.478 e. The molecular formula is C29H24F3N5O6. The van der Waals surface area contributed by atoms with E-state index in [2.05, 4.69) is 20.0 Å². The first-order chi connectivity index (χ1) is 20.5. The van der Waals surface area contributed by atoms with Crippen LogP contribution in [0.5, 0.6) is 5.75 Å². The molecule has 0 radical (unpaired) electrons. The van der Waals surface area contributed by atoms with E-state index in [0.29, 0.717) is 55.8 Å². The van der Waals surface area contributed by atoms with Gasteiger partial charge in [0, 0.05) is 31.0 Å². The molecule has 43 heavy (non-hydrogen) atoms. The summed E-state index contributed by atoms with van der Waals surface area (Å²) in [5, 5.41) is 12.1. The van der Waals surface area contributed by atoms with Crippen LogP contribution in [-0.4, -0.2) is 74.6 Å². The van der Waals surface area contributed by atoms with Crippen molar-refractivity contribution in [3.8, 4) is 22.6 Å². The van der Waals surface area contributed by atoms with E-state index in [0.717, 1.165) is 10.6 Å². The Bertz CT molecular complexity index is 1800. The topological polar surface area (TPSA) is 136 Å². The molecule has 1 saturated carbocycles. The summed E-state index contributed by atoms with van der Waals surface area (Å²) in [4.78, 5) is 48.4. The molecule has 2 fully saturated rings.